The van der Waals surface area contributed by atoms with Gasteiger partial charge in [0.2, 0.25) is 11.8 Å². The van der Waals surface area contributed by atoms with Crippen molar-refractivity contribution >= 4 is 50.3 Å². The zero-order valence-corrected chi connectivity index (χ0v) is 13.3. The molecule has 1 heterocycles. The number of rotatable bonds is 1. The van der Waals surface area contributed by atoms with Gasteiger partial charge in [-0.25, -0.2) is 13.2 Å². The van der Waals surface area contributed by atoms with Crippen molar-refractivity contribution in [3.05, 3.63) is 27.8 Å². The number of hydrogen-bond donors (Lipinski definition) is 2. The Morgan fingerprint density at radius 2 is 1.55 bits per heavy atom. The number of carbonyl (C=O) groups is 3. The molecule has 1 aliphatic heterocycles. The normalized spacial score (nSPS) is 14.8. The number of carbonyl (C=O) groups excluding carboxylic acids is 3. The number of amides is 4. The highest BCUT2D eigenvalue weighted by Crippen LogP contribution is 2.16. The summed E-state index contributed by atoms with van der Waals surface area (Å²) in [4.78, 5) is 31.2. The minimum absolute atomic E-state index is 0.258. The van der Waals surface area contributed by atoms with E-state index in [0.29, 0.717) is 4.90 Å². The summed E-state index contributed by atoms with van der Waals surface area (Å²) in [5.41, 5.74) is 0. The van der Waals surface area contributed by atoms with Gasteiger partial charge in [0.05, 0.1) is 4.90 Å². The molecule has 0 aliphatic carbocycles. The van der Waals surface area contributed by atoms with Gasteiger partial charge in [0.15, 0.2) is 9.84 Å². The molecule has 0 bridgehead atoms. The Balaban J connectivity index is 0.000000204. The summed E-state index contributed by atoms with van der Waals surface area (Å²) < 4.78 is 22.9. The lowest BCUT2D eigenvalue weighted by atomic mass is 10.3. The number of imide groups is 2. The molecular weight excluding hydrogens is 399 g/mol. The summed E-state index contributed by atoms with van der Waals surface area (Å²) in [5, 5.41) is 3.80. The lowest BCUT2D eigenvalue weighted by molar-refractivity contribution is -0.129. The number of barbiturate groups is 1. The number of hydrogen-bond acceptors (Lipinski definition) is 5. The standard InChI is InChI=1S/C7H7IO2S.C4H4N2O3/c1-11(9,10)7-5-3-2-4-6(7)8;7-2-1-3(8)6-4(9)5-2/h2-5H,1H3;1H2,(H2,5,6,7,8,9). The molecule has 20 heavy (non-hydrogen) atoms. The third-order valence-electron chi connectivity index (χ3n) is 2.06. The van der Waals surface area contributed by atoms with Crippen LogP contribution >= 0.6 is 22.6 Å². The zero-order valence-electron chi connectivity index (χ0n) is 10.3. The van der Waals surface area contributed by atoms with Gasteiger partial charge in [-0.2, -0.15) is 0 Å². The van der Waals surface area contributed by atoms with Gasteiger partial charge in [-0.3, -0.25) is 20.2 Å². The lowest BCUT2D eigenvalue weighted by Gasteiger charge is -2.09. The van der Waals surface area contributed by atoms with E-state index >= 15 is 0 Å². The fourth-order valence-electron chi connectivity index (χ4n) is 1.26. The van der Waals surface area contributed by atoms with Gasteiger partial charge in [0.1, 0.15) is 6.42 Å². The number of benzene rings is 1. The summed E-state index contributed by atoms with van der Waals surface area (Å²) in [7, 11) is -3.04. The minimum Gasteiger partial charge on any atom is -0.277 e. The summed E-state index contributed by atoms with van der Waals surface area (Å²) in [6.07, 6.45) is 0.955. The van der Waals surface area contributed by atoms with Crippen LogP contribution in [0.2, 0.25) is 0 Å². The molecule has 4 amide bonds. The monoisotopic (exact) mass is 410 g/mol. The first-order valence-corrected chi connectivity index (χ1v) is 8.25. The highest BCUT2D eigenvalue weighted by Gasteiger charge is 2.20. The molecule has 1 aromatic rings. The smallest absolute Gasteiger partial charge is 0.277 e. The van der Waals surface area contributed by atoms with Crippen LogP contribution in [0.3, 0.4) is 0 Å². The van der Waals surface area contributed by atoms with E-state index < -0.39 is 27.7 Å². The fourth-order valence-corrected chi connectivity index (χ4v) is 3.60. The molecule has 0 atom stereocenters. The second-order valence-electron chi connectivity index (χ2n) is 3.80. The quantitative estimate of drug-likeness (QED) is 0.516. The molecule has 9 heteroatoms. The number of halogens is 1. The van der Waals surface area contributed by atoms with E-state index in [2.05, 4.69) is 0 Å². The second kappa shape index (κ2) is 6.79. The van der Waals surface area contributed by atoms with E-state index in [1.165, 1.54) is 6.26 Å². The second-order valence-corrected chi connectivity index (χ2v) is 6.95. The SMILES string of the molecule is CS(=O)(=O)c1ccccc1I.O=C1CC(=O)NC(=O)N1. The van der Waals surface area contributed by atoms with E-state index in [-0.39, 0.29) is 6.42 Å². The minimum atomic E-state index is -3.04. The Hall–Kier alpha value is -1.49. The molecule has 2 N–H and O–H groups in total. The molecule has 0 aromatic heterocycles. The maximum absolute atomic E-state index is 11.0. The summed E-state index contributed by atoms with van der Waals surface area (Å²) >= 11 is 2.01. The Morgan fingerprint density at radius 1 is 1.05 bits per heavy atom. The van der Waals surface area contributed by atoms with E-state index in [1.807, 2.05) is 39.3 Å². The van der Waals surface area contributed by atoms with Gasteiger partial charge < -0.3 is 0 Å². The predicted octanol–water partition coefficient (Wildman–Crippen LogP) is 0.437. The van der Waals surface area contributed by atoms with Crippen molar-refractivity contribution in [1.82, 2.24) is 10.6 Å². The van der Waals surface area contributed by atoms with Gasteiger partial charge >= 0.3 is 6.03 Å². The van der Waals surface area contributed by atoms with Crippen LogP contribution in [0.4, 0.5) is 4.79 Å². The Morgan fingerprint density at radius 3 is 1.90 bits per heavy atom. The van der Waals surface area contributed by atoms with Crippen LogP contribution in [-0.2, 0) is 19.4 Å². The maximum Gasteiger partial charge on any atom is 0.328 e. The molecular formula is C11H11IN2O5S. The van der Waals surface area contributed by atoms with Crippen LogP contribution in [0, 0.1) is 3.57 Å². The van der Waals surface area contributed by atoms with Crippen molar-refractivity contribution in [3.63, 3.8) is 0 Å². The highest BCUT2D eigenvalue weighted by molar-refractivity contribution is 14.1. The van der Waals surface area contributed by atoms with Crippen LogP contribution in [0.25, 0.3) is 0 Å². The van der Waals surface area contributed by atoms with Crippen molar-refractivity contribution in [2.75, 3.05) is 6.26 Å². The van der Waals surface area contributed by atoms with Crippen LogP contribution in [0.15, 0.2) is 29.2 Å². The zero-order chi connectivity index (χ0) is 15.3. The predicted molar refractivity (Wildman–Crippen MR) is 78.6 cm³/mol. The van der Waals surface area contributed by atoms with Crippen LogP contribution in [0.5, 0.6) is 0 Å². The first-order chi connectivity index (χ1) is 9.20. The van der Waals surface area contributed by atoms with Crippen LogP contribution in [0.1, 0.15) is 6.42 Å². The molecule has 1 aromatic carbocycles. The van der Waals surface area contributed by atoms with Crippen molar-refractivity contribution in [3.8, 4) is 0 Å². The van der Waals surface area contributed by atoms with Crippen LogP contribution < -0.4 is 10.6 Å². The summed E-state index contributed by atoms with van der Waals surface area (Å²) in [5.74, 6) is -1.10. The lowest BCUT2D eigenvalue weighted by Crippen LogP contribution is -2.49. The summed E-state index contributed by atoms with van der Waals surface area (Å²) in [6, 6.07) is 6.18. The molecule has 0 unspecified atom stereocenters. The Bertz CT molecular complexity index is 611. The van der Waals surface area contributed by atoms with Gasteiger partial charge in [0, 0.05) is 9.83 Å². The molecule has 108 valence electrons. The number of nitrogens with one attached hydrogen (secondary N) is 2. The Labute approximate surface area is 129 Å². The first-order valence-electron chi connectivity index (χ1n) is 5.28. The largest absolute Gasteiger partial charge is 0.328 e. The average Bonchev–Trinajstić information content (AvgIpc) is 2.26. The van der Waals surface area contributed by atoms with Crippen molar-refractivity contribution in [2.24, 2.45) is 0 Å². The number of sulfone groups is 1. The van der Waals surface area contributed by atoms with E-state index in [1.54, 1.807) is 18.2 Å². The van der Waals surface area contributed by atoms with Gasteiger partial charge in [-0.15, -0.1) is 0 Å². The first kappa shape index (κ1) is 16.6. The number of urea groups is 1. The third-order valence-corrected chi connectivity index (χ3v) is 4.52. The molecule has 1 saturated heterocycles. The van der Waals surface area contributed by atoms with Crippen LogP contribution in [-0.4, -0.2) is 32.5 Å². The highest BCUT2D eigenvalue weighted by atomic mass is 127. The van der Waals surface area contributed by atoms with Crippen molar-refractivity contribution < 1.29 is 22.8 Å². The molecule has 0 spiro atoms. The molecule has 2 rings (SSSR count). The van der Waals surface area contributed by atoms with Gasteiger partial charge in [0.25, 0.3) is 0 Å². The van der Waals surface area contributed by atoms with Crippen molar-refractivity contribution in [2.45, 2.75) is 11.3 Å². The van der Waals surface area contributed by atoms with E-state index in [9.17, 15) is 22.8 Å². The average molecular weight is 410 g/mol. The molecule has 0 saturated carbocycles. The molecule has 7 nitrogen and oxygen atoms in total. The fraction of sp³-hybridized carbons (Fsp3) is 0.182. The molecule has 1 fully saturated rings. The van der Waals surface area contributed by atoms with E-state index in [0.717, 1.165) is 3.57 Å². The van der Waals surface area contributed by atoms with Gasteiger partial charge in [-0.1, -0.05) is 12.1 Å². The van der Waals surface area contributed by atoms with E-state index in [4.69, 9.17) is 0 Å². The molecule has 0 radical (unpaired) electrons. The Kier molecular flexibility index (Phi) is 5.62. The van der Waals surface area contributed by atoms with Gasteiger partial charge in [-0.05, 0) is 34.7 Å². The topological polar surface area (TPSA) is 109 Å². The van der Waals surface area contributed by atoms with Crippen molar-refractivity contribution in [1.29, 1.82) is 0 Å². The molecule has 1 aliphatic rings. The summed E-state index contributed by atoms with van der Waals surface area (Å²) in [6.45, 7) is 0. The maximum atomic E-state index is 11.0. The third kappa shape index (κ3) is 5.25.